The molecule has 1 heterocycles. The first kappa shape index (κ1) is 14.9. The van der Waals surface area contributed by atoms with Crippen LogP contribution >= 0.6 is 23.2 Å². The third kappa shape index (κ3) is 2.96. The minimum Gasteiger partial charge on any atom is -0.393 e. The lowest BCUT2D eigenvalue weighted by Gasteiger charge is -2.47. The molecule has 0 aromatic carbocycles. The van der Waals surface area contributed by atoms with Gasteiger partial charge >= 0.3 is 0 Å². The zero-order valence-corrected chi connectivity index (χ0v) is 12.3. The maximum Gasteiger partial charge on any atom is 0.0701 e. The molecule has 3 nitrogen and oxygen atoms in total. The SMILES string of the molecule is C[C@@](O)(C1CCNCC1)C1CC(Cl)C(Cl)CC1O. The van der Waals surface area contributed by atoms with Crippen LogP contribution in [0.2, 0.25) is 0 Å². The Morgan fingerprint density at radius 2 is 1.67 bits per heavy atom. The van der Waals surface area contributed by atoms with Gasteiger partial charge in [0, 0.05) is 5.92 Å². The summed E-state index contributed by atoms with van der Waals surface area (Å²) >= 11 is 12.3. The first-order chi connectivity index (χ1) is 8.43. The molecule has 1 saturated carbocycles. The van der Waals surface area contributed by atoms with E-state index in [1.807, 2.05) is 6.92 Å². The van der Waals surface area contributed by atoms with Gasteiger partial charge in [0.1, 0.15) is 0 Å². The molecule has 4 unspecified atom stereocenters. The Balaban J connectivity index is 2.07. The zero-order chi connectivity index (χ0) is 13.3. The van der Waals surface area contributed by atoms with Gasteiger partial charge in [0.2, 0.25) is 0 Å². The summed E-state index contributed by atoms with van der Waals surface area (Å²) in [5, 5.41) is 24.0. The molecular formula is C13H23Cl2NO2. The average molecular weight is 296 g/mol. The molecular weight excluding hydrogens is 273 g/mol. The molecule has 0 radical (unpaired) electrons. The van der Waals surface area contributed by atoms with Crippen LogP contribution in [0.25, 0.3) is 0 Å². The highest BCUT2D eigenvalue weighted by Gasteiger charge is 2.47. The van der Waals surface area contributed by atoms with Crippen LogP contribution in [0.3, 0.4) is 0 Å². The number of alkyl halides is 2. The summed E-state index contributed by atoms with van der Waals surface area (Å²) in [7, 11) is 0. The van der Waals surface area contributed by atoms with E-state index >= 15 is 0 Å². The van der Waals surface area contributed by atoms with Crippen molar-refractivity contribution in [1.82, 2.24) is 5.32 Å². The lowest BCUT2D eigenvalue weighted by molar-refractivity contribution is -0.115. The van der Waals surface area contributed by atoms with Gasteiger partial charge in [-0.05, 0) is 51.6 Å². The minimum atomic E-state index is -0.855. The molecule has 1 aliphatic heterocycles. The van der Waals surface area contributed by atoms with Crippen LogP contribution in [0.15, 0.2) is 0 Å². The van der Waals surface area contributed by atoms with E-state index in [4.69, 9.17) is 23.2 Å². The minimum absolute atomic E-state index is 0.159. The summed E-state index contributed by atoms with van der Waals surface area (Å²) in [5.41, 5.74) is -0.855. The predicted molar refractivity (Wildman–Crippen MR) is 74.2 cm³/mol. The third-order valence-corrected chi connectivity index (χ3v) is 5.81. The summed E-state index contributed by atoms with van der Waals surface area (Å²) in [4.78, 5) is 0. The molecule has 2 aliphatic rings. The highest BCUT2D eigenvalue weighted by Crippen LogP contribution is 2.42. The Kier molecular flexibility index (Phi) is 4.82. The molecule has 5 heteroatoms. The highest BCUT2D eigenvalue weighted by molar-refractivity contribution is 6.30. The average Bonchev–Trinajstić information content (AvgIpc) is 2.34. The molecule has 5 atom stereocenters. The summed E-state index contributed by atoms with van der Waals surface area (Å²) in [6.45, 7) is 3.73. The Labute approximate surface area is 119 Å². The maximum atomic E-state index is 10.8. The van der Waals surface area contributed by atoms with Crippen LogP contribution in [-0.2, 0) is 0 Å². The van der Waals surface area contributed by atoms with Crippen LogP contribution in [0, 0.1) is 11.8 Å². The Hall–Kier alpha value is 0.460. The van der Waals surface area contributed by atoms with Gasteiger partial charge in [0.15, 0.2) is 0 Å². The monoisotopic (exact) mass is 295 g/mol. The molecule has 1 aliphatic carbocycles. The quantitative estimate of drug-likeness (QED) is 0.680. The van der Waals surface area contributed by atoms with Crippen LogP contribution in [0.5, 0.6) is 0 Å². The van der Waals surface area contributed by atoms with Crippen LogP contribution < -0.4 is 5.32 Å². The van der Waals surface area contributed by atoms with Crippen molar-refractivity contribution < 1.29 is 10.2 Å². The molecule has 3 N–H and O–H groups in total. The van der Waals surface area contributed by atoms with E-state index in [2.05, 4.69) is 5.32 Å². The molecule has 0 aromatic heterocycles. The lowest BCUT2D eigenvalue weighted by Crippen LogP contribution is -2.54. The van der Waals surface area contributed by atoms with Crippen LogP contribution in [0.1, 0.15) is 32.6 Å². The molecule has 0 spiro atoms. The lowest BCUT2D eigenvalue weighted by atomic mass is 9.67. The molecule has 2 fully saturated rings. The first-order valence-electron chi connectivity index (χ1n) is 6.82. The summed E-state index contributed by atoms with van der Waals surface area (Å²) in [6.07, 6.45) is 2.42. The molecule has 106 valence electrons. The van der Waals surface area contributed by atoms with Gasteiger partial charge in [0.05, 0.1) is 22.5 Å². The number of hydrogen-bond donors (Lipinski definition) is 3. The van der Waals surface area contributed by atoms with Crippen molar-refractivity contribution in [2.24, 2.45) is 11.8 Å². The number of aliphatic hydroxyl groups is 2. The van der Waals surface area contributed by atoms with Crippen molar-refractivity contribution >= 4 is 23.2 Å². The van der Waals surface area contributed by atoms with E-state index < -0.39 is 11.7 Å². The van der Waals surface area contributed by atoms with Crippen molar-refractivity contribution in [1.29, 1.82) is 0 Å². The maximum absolute atomic E-state index is 10.8. The van der Waals surface area contributed by atoms with E-state index in [-0.39, 0.29) is 22.6 Å². The number of halogens is 2. The molecule has 18 heavy (non-hydrogen) atoms. The second kappa shape index (κ2) is 5.84. The van der Waals surface area contributed by atoms with E-state index in [9.17, 15) is 10.2 Å². The Morgan fingerprint density at radius 3 is 2.28 bits per heavy atom. The van der Waals surface area contributed by atoms with Gasteiger partial charge in [0.25, 0.3) is 0 Å². The third-order valence-electron chi connectivity index (χ3n) is 4.72. The Bertz CT molecular complexity index is 282. The topological polar surface area (TPSA) is 52.5 Å². The zero-order valence-electron chi connectivity index (χ0n) is 10.8. The van der Waals surface area contributed by atoms with E-state index in [0.717, 1.165) is 25.9 Å². The summed E-state index contributed by atoms with van der Waals surface area (Å²) < 4.78 is 0. The van der Waals surface area contributed by atoms with Crippen molar-refractivity contribution in [2.45, 2.75) is 55.1 Å². The fraction of sp³-hybridized carbons (Fsp3) is 1.00. The van der Waals surface area contributed by atoms with E-state index in [1.54, 1.807) is 0 Å². The van der Waals surface area contributed by atoms with Crippen molar-refractivity contribution in [3.63, 3.8) is 0 Å². The fourth-order valence-electron chi connectivity index (χ4n) is 3.43. The van der Waals surface area contributed by atoms with Gasteiger partial charge in [-0.15, -0.1) is 23.2 Å². The number of piperidine rings is 1. The number of hydrogen-bond acceptors (Lipinski definition) is 3. The predicted octanol–water partition coefficient (Wildman–Crippen LogP) is 1.72. The number of rotatable bonds is 2. The van der Waals surface area contributed by atoms with Crippen molar-refractivity contribution in [2.75, 3.05) is 13.1 Å². The molecule has 1 saturated heterocycles. The van der Waals surface area contributed by atoms with Crippen LogP contribution in [-0.4, -0.2) is 45.8 Å². The van der Waals surface area contributed by atoms with Gasteiger partial charge < -0.3 is 15.5 Å². The number of aliphatic hydroxyl groups excluding tert-OH is 1. The van der Waals surface area contributed by atoms with Crippen LogP contribution in [0.4, 0.5) is 0 Å². The standard InChI is InChI=1S/C13H23Cl2NO2/c1-13(18,8-2-4-16-5-3-8)9-6-10(14)11(15)7-12(9)17/h8-12,16-18H,2-7H2,1H3/t9?,10?,11?,12?,13-/m1/s1. The molecule has 0 aromatic rings. The highest BCUT2D eigenvalue weighted by atomic mass is 35.5. The second-order valence-corrected chi connectivity index (χ2v) is 7.05. The largest absolute Gasteiger partial charge is 0.393 e. The first-order valence-corrected chi connectivity index (χ1v) is 7.69. The molecule has 0 bridgehead atoms. The molecule has 2 rings (SSSR count). The van der Waals surface area contributed by atoms with Gasteiger partial charge in [-0.3, -0.25) is 0 Å². The van der Waals surface area contributed by atoms with Crippen molar-refractivity contribution in [3.8, 4) is 0 Å². The number of nitrogens with one attached hydrogen (secondary N) is 1. The summed E-state index contributed by atoms with van der Waals surface area (Å²) in [5.74, 6) is 0.0623. The van der Waals surface area contributed by atoms with E-state index in [1.165, 1.54) is 0 Å². The normalized spacial score (nSPS) is 42.5. The van der Waals surface area contributed by atoms with Gasteiger partial charge in [-0.1, -0.05) is 0 Å². The second-order valence-electron chi connectivity index (χ2n) is 5.93. The Morgan fingerprint density at radius 1 is 1.11 bits per heavy atom. The van der Waals surface area contributed by atoms with Gasteiger partial charge in [-0.25, -0.2) is 0 Å². The fourth-order valence-corrected chi connectivity index (χ4v) is 4.01. The van der Waals surface area contributed by atoms with E-state index in [0.29, 0.717) is 12.8 Å². The van der Waals surface area contributed by atoms with Gasteiger partial charge in [-0.2, -0.15) is 0 Å². The molecule has 0 amide bonds. The smallest absolute Gasteiger partial charge is 0.0701 e. The summed E-state index contributed by atoms with van der Waals surface area (Å²) in [6, 6.07) is 0. The van der Waals surface area contributed by atoms with Crippen molar-refractivity contribution in [3.05, 3.63) is 0 Å².